The second-order valence-electron chi connectivity index (χ2n) is 4.07. The van der Waals surface area contributed by atoms with E-state index in [0.29, 0.717) is 17.5 Å². The lowest BCUT2D eigenvalue weighted by Crippen LogP contribution is -2.31. The Morgan fingerprint density at radius 3 is 2.79 bits per heavy atom. The summed E-state index contributed by atoms with van der Waals surface area (Å²) in [5.41, 5.74) is 0. The molecular formula is C13H15N3O3. The topological polar surface area (TPSA) is 77.2 Å². The normalized spacial score (nSPS) is 11.9. The van der Waals surface area contributed by atoms with Crippen LogP contribution in [0, 0.1) is 6.92 Å². The standard InChI is InChI=1S/C13H15N3O3/c1-9(13-15-10(2)16-19-13)14-12(17)8-18-11-6-4-3-5-7-11/h3-7,9H,8H2,1-2H3,(H,14,17). The van der Waals surface area contributed by atoms with Crippen LogP contribution in [0.25, 0.3) is 0 Å². The van der Waals surface area contributed by atoms with Gasteiger partial charge in [0.15, 0.2) is 12.4 Å². The molecule has 0 saturated carbocycles. The van der Waals surface area contributed by atoms with E-state index in [-0.39, 0.29) is 18.6 Å². The highest BCUT2D eigenvalue weighted by atomic mass is 16.5. The molecule has 0 spiro atoms. The van der Waals surface area contributed by atoms with Gasteiger partial charge >= 0.3 is 0 Å². The zero-order valence-electron chi connectivity index (χ0n) is 10.8. The minimum Gasteiger partial charge on any atom is -0.484 e. The van der Waals surface area contributed by atoms with Crippen molar-refractivity contribution < 1.29 is 14.1 Å². The van der Waals surface area contributed by atoms with Crippen LogP contribution in [0.1, 0.15) is 24.7 Å². The Labute approximate surface area is 110 Å². The highest BCUT2D eigenvalue weighted by Crippen LogP contribution is 2.10. The fourth-order valence-corrected chi connectivity index (χ4v) is 1.50. The Hall–Kier alpha value is -2.37. The number of hydrogen-bond donors (Lipinski definition) is 1. The summed E-state index contributed by atoms with van der Waals surface area (Å²) in [6.45, 7) is 3.44. The predicted molar refractivity (Wildman–Crippen MR) is 67.5 cm³/mol. The van der Waals surface area contributed by atoms with Crippen molar-refractivity contribution in [3.63, 3.8) is 0 Å². The highest BCUT2D eigenvalue weighted by molar-refractivity contribution is 5.77. The van der Waals surface area contributed by atoms with E-state index >= 15 is 0 Å². The summed E-state index contributed by atoms with van der Waals surface area (Å²) in [6.07, 6.45) is 0. The Balaban J connectivity index is 1.81. The minimum absolute atomic E-state index is 0.0541. The third kappa shape index (κ3) is 3.80. The van der Waals surface area contributed by atoms with Crippen molar-refractivity contribution in [2.75, 3.05) is 6.61 Å². The molecule has 1 aromatic heterocycles. The van der Waals surface area contributed by atoms with Crippen molar-refractivity contribution in [2.24, 2.45) is 0 Å². The number of carbonyl (C=O) groups excluding carboxylic acids is 1. The Kier molecular flexibility index (Phi) is 4.12. The molecule has 100 valence electrons. The van der Waals surface area contributed by atoms with Crippen LogP contribution >= 0.6 is 0 Å². The van der Waals surface area contributed by atoms with E-state index in [1.165, 1.54) is 0 Å². The molecule has 1 atom stereocenters. The van der Waals surface area contributed by atoms with Gasteiger partial charge < -0.3 is 14.6 Å². The molecule has 1 unspecified atom stereocenters. The first kappa shape index (κ1) is 13.1. The van der Waals surface area contributed by atoms with Crippen molar-refractivity contribution in [1.29, 1.82) is 0 Å². The average molecular weight is 261 g/mol. The van der Waals surface area contributed by atoms with Gasteiger partial charge in [0.1, 0.15) is 11.8 Å². The number of carbonyl (C=O) groups is 1. The number of nitrogens with one attached hydrogen (secondary N) is 1. The zero-order valence-corrected chi connectivity index (χ0v) is 10.8. The number of aromatic nitrogens is 2. The number of nitrogens with zero attached hydrogens (tertiary/aromatic N) is 2. The Morgan fingerprint density at radius 2 is 2.16 bits per heavy atom. The van der Waals surface area contributed by atoms with Crippen molar-refractivity contribution in [1.82, 2.24) is 15.5 Å². The molecule has 6 heteroatoms. The Morgan fingerprint density at radius 1 is 1.42 bits per heavy atom. The van der Waals surface area contributed by atoms with Crippen molar-refractivity contribution in [3.8, 4) is 5.75 Å². The monoisotopic (exact) mass is 261 g/mol. The van der Waals surface area contributed by atoms with Crippen molar-refractivity contribution in [3.05, 3.63) is 42.0 Å². The summed E-state index contributed by atoms with van der Waals surface area (Å²) in [7, 11) is 0. The van der Waals surface area contributed by atoms with Gasteiger partial charge in [-0.05, 0) is 26.0 Å². The average Bonchev–Trinajstić information content (AvgIpc) is 2.84. The van der Waals surface area contributed by atoms with Crippen molar-refractivity contribution >= 4 is 5.91 Å². The number of rotatable bonds is 5. The smallest absolute Gasteiger partial charge is 0.258 e. The molecule has 0 bridgehead atoms. The maximum atomic E-state index is 11.7. The molecule has 0 aliphatic rings. The lowest BCUT2D eigenvalue weighted by atomic mass is 10.3. The van der Waals surface area contributed by atoms with E-state index < -0.39 is 0 Å². The first-order chi connectivity index (χ1) is 9.15. The van der Waals surface area contributed by atoms with Gasteiger partial charge in [-0.15, -0.1) is 0 Å². The molecule has 19 heavy (non-hydrogen) atoms. The molecule has 2 rings (SSSR count). The third-order valence-electron chi connectivity index (χ3n) is 2.40. The number of aryl methyl sites for hydroxylation is 1. The predicted octanol–water partition coefficient (Wildman–Crippen LogP) is 1.63. The maximum Gasteiger partial charge on any atom is 0.258 e. The fraction of sp³-hybridized carbons (Fsp3) is 0.308. The SMILES string of the molecule is Cc1noc(C(C)NC(=O)COc2ccccc2)n1. The number of amides is 1. The Bertz CT molecular complexity index is 539. The molecule has 1 amide bonds. The van der Waals surface area contributed by atoms with Gasteiger partial charge in [-0.1, -0.05) is 23.4 Å². The van der Waals surface area contributed by atoms with Crippen molar-refractivity contribution in [2.45, 2.75) is 19.9 Å². The number of ether oxygens (including phenoxy) is 1. The molecule has 6 nitrogen and oxygen atoms in total. The van der Waals surface area contributed by atoms with Crippen LogP contribution in [0.4, 0.5) is 0 Å². The molecule has 0 fully saturated rings. The quantitative estimate of drug-likeness (QED) is 0.885. The summed E-state index contributed by atoms with van der Waals surface area (Å²) in [6, 6.07) is 8.81. The molecule has 1 aromatic carbocycles. The number of para-hydroxylation sites is 1. The second-order valence-corrected chi connectivity index (χ2v) is 4.07. The molecule has 0 aliphatic carbocycles. The van der Waals surface area contributed by atoms with Crippen LogP contribution in [0.2, 0.25) is 0 Å². The van der Waals surface area contributed by atoms with Crippen LogP contribution < -0.4 is 10.1 Å². The van der Waals surface area contributed by atoms with Gasteiger partial charge in [0, 0.05) is 0 Å². The van der Waals surface area contributed by atoms with E-state index in [9.17, 15) is 4.79 Å². The van der Waals surface area contributed by atoms with E-state index in [1.807, 2.05) is 18.2 Å². The lowest BCUT2D eigenvalue weighted by Gasteiger charge is -2.10. The van der Waals surface area contributed by atoms with Crippen LogP contribution in [0.15, 0.2) is 34.9 Å². The first-order valence-corrected chi connectivity index (χ1v) is 5.92. The second kappa shape index (κ2) is 5.99. The van der Waals surface area contributed by atoms with Gasteiger partial charge in [-0.3, -0.25) is 4.79 Å². The molecule has 0 aliphatic heterocycles. The largest absolute Gasteiger partial charge is 0.484 e. The van der Waals surface area contributed by atoms with Gasteiger partial charge in [0.2, 0.25) is 5.89 Å². The first-order valence-electron chi connectivity index (χ1n) is 5.92. The number of hydrogen-bond acceptors (Lipinski definition) is 5. The zero-order chi connectivity index (χ0) is 13.7. The third-order valence-corrected chi connectivity index (χ3v) is 2.40. The fourth-order valence-electron chi connectivity index (χ4n) is 1.50. The van der Waals surface area contributed by atoms with Crippen LogP contribution in [-0.2, 0) is 4.79 Å². The summed E-state index contributed by atoms with van der Waals surface area (Å²) in [5, 5.41) is 6.39. The summed E-state index contributed by atoms with van der Waals surface area (Å²) < 4.78 is 10.3. The van der Waals surface area contributed by atoms with E-state index in [1.54, 1.807) is 26.0 Å². The molecule has 2 aromatic rings. The van der Waals surface area contributed by atoms with E-state index in [0.717, 1.165) is 0 Å². The molecule has 0 saturated heterocycles. The summed E-state index contributed by atoms with van der Waals surface area (Å²) in [5.74, 6) is 1.33. The van der Waals surface area contributed by atoms with E-state index in [2.05, 4.69) is 15.5 Å². The van der Waals surface area contributed by atoms with Gasteiger partial charge in [-0.25, -0.2) is 0 Å². The lowest BCUT2D eigenvalue weighted by molar-refractivity contribution is -0.123. The van der Waals surface area contributed by atoms with Crippen LogP contribution in [0.5, 0.6) is 5.75 Å². The molecule has 1 N–H and O–H groups in total. The molecular weight excluding hydrogens is 246 g/mol. The van der Waals surface area contributed by atoms with Crippen LogP contribution in [-0.4, -0.2) is 22.7 Å². The molecule has 0 radical (unpaired) electrons. The van der Waals surface area contributed by atoms with E-state index in [4.69, 9.17) is 9.26 Å². The van der Waals surface area contributed by atoms with Crippen LogP contribution in [0.3, 0.4) is 0 Å². The highest BCUT2D eigenvalue weighted by Gasteiger charge is 2.15. The van der Waals surface area contributed by atoms with Gasteiger partial charge in [0.05, 0.1) is 0 Å². The maximum absolute atomic E-state index is 11.7. The van der Waals surface area contributed by atoms with Gasteiger partial charge in [-0.2, -0.15) is 4.98 Å². The van der Waals surface area contributed by atoms with Gasteiger partial charge in [0.25, 0.3) is 5.91 Å². The minimum atomic E-state index is -0.340. The summed E-state index contributed by atoms with van der Waals surface area (Å²) in [4.78, 5) is 15.7. The molecule has 1 heterocycles. The summed E-state index contributed by atoms with van der Waals surface area (Å²) >= 11 is 0. The number of benzene rings is 1.